The normalized spacial score (nSPS) is 10.6. The van der Waals surface area contributed by atoms with Crippen molar-refractivity contribution in [3.63, 3.8) is 0 Å². The Morgan fingerprint density at radius 2 is 1.69 bits per heavy atom. The van der Waals surface area contributed by atoms with E-state index in [0.29, 0.717) is 40.2 Å². The Kier molecular flexibility index (Phi) is 7.71. The minimum absolute atomic E-state index is 0.103. The first-order valence-electron chi connectivity index (χ1n) is 11.1. The number of nitriles is 1. The van der Waals surface area contributed by atoms with Gasteiger partial charge >= 0.3 is 0 Å². The monoisotopic (exact) mass is 503 g/mol. The van der Waals surface area contributed by atoms with Crippen LogP contribution in [-0.2, 0) is 0 Å². The highest BCUT2D eigenvalue weighted by Gasteiger charge is 2.25. The number of carbonyl (C=O) groups excluding carboxylic acids is 1. The topological polar surface area (TPSA) is 82.7 Å². The van der Waals surface area contributed by atoms with Gasteiger partial charge in [0.05, 0.1) is 5.69 Å². The van der Waals surface area contributed by atoms with E-state index in [0.717, 1.165) is 17.7 Å². The lowest BCUT2D eigenvalue weighted by molar-refractivity contribution is 0.103. The van der Waals surface area contributed by atoms with Gasteiger partial charge in [0.1, 0.15) is 17.5 Å². The van der Waals surface area contributed by atoms with Crippen LogP contribution in [-0.4, -0.2) is 28.7 Å². The van der Waals surface area contributed by atoms with E-state index in [9.17, 15) is 10.1 Å². The molecule has 1 heterocycles. The number of hydrogen-bond acceptors (Lipinski definition) is 5. The summed E-state index contributed by atoms with van der Waals surface area (Å²) in [4.78, 5) is 13.3. The smallest absolute Gasteiger partial charge is 0.214 e. The van der Waals surface area contributed by atoms with Crippen LogP contribution in [0.25, 0.3) is 5.69 Å². The van der Waals surface area contributed by atoms with Crippen molar-refractivity contribution in [3.05, 3.63) is 105 Å². The Labute approximate surface area is 214 Å². The van der Waals surface area contributed by atoms with E-state index >= 15 is 0 Å². The van der Waals surface area contributed by atoms with E-state index in [1.54, 1.807) is 41.1 Å². The molecule has 0 saturated carbocycles. The molecule has 0 unspecified atom stereocenters. The standard InChI is InChI=1S/C27H23Cl2N5O/c1-18-6-8-19(9-7-18)26(35)25-24(17-30)27(34(33-25)23-12-10-20(28)11-13-23)32-15-3-14-31-22-5-2-4-21(29)16-22/h2,4-13,16,31-32H,3,14-15H2,1H3. The Morgan fingerprint density at radius 1 is 0.971 bits per heavy atom. The summed E-state index contributed by atoms with van der Waals surface area (Å²) < 4.78 is 1.58. The molecule has 0 spiro atoms. The van der Waals surface area contributed by atoms with Crippen molar-refractivity contribution in [3.8, 4) is 11.8 Å². The maximum Gasteiger partial charge on any atom is 0.214 e. The number of carbonyl (C=O) groups is 1. The second-order valence-corrected chi connectivity index (χ2v) is 8.86. The highest BCUT2D eigenvalue weighted by Crippen LogP contribution is 2.26. The summed E-state index contributed by atoms with van der Waals surface area (Å²) in [6, 6.07) is 24.0. The van der Waals surface area contributed by atoms with Crippen molar-refractivity contribution in [1.82, 2.24) is 9.78 Å². The molecule has 0 atom stereocenters. The van der Waals surface area contributed by atoms with Gasteiger partial charge in [-0.3, -0.25) is 4.79 Å². The first kappa shape index (κ1) is 24.3. The number of ketones is 1. The molecule has 4 aromatic rings. The number of aromatic nitrogens is 2. The fraction of sp³-hybridized carbons (Fsp3) is 0.148. The lowest BCUT2D eigenvalue weighted by atomic mass is 10.0. The predicted octanol–water partition coefficient (Wildman–Crippen LogP) is 6.50. The van der Waals surface area contributed by atoms with Crippen LogP contribution in [0.5, 0.6) is 0 Å². The molecular weight excluding hydrogens is 481 g/mol. The fourth-order valence-electron chi connectivity index (χ4n) is 3.58. The first-order valence-corrected chi connectivity index (χ1v) is 11.9. The summed E-state index contributed by atoms with van der Waals surface area (Å²) in [5.74, 6) is 0.160. The lowest BCUT2D eigenvalue weighted by Crippen LogP contribution is -2.12. The predicted molar refractivity (Wildman–Crippen MR) is 141 cm³/mol. The quantitative estimate of drug-likeness (QED) is 0.201. The highest BCUT2D eigenvalue weighted by atomic mass is 35.5. The van der Waals surface area contributed by atoms with E-state index in [-0.39, 0.29) is 17.0 Å². The van der Waals surface area contributed by atoms with Crippen molar-refractivity contribution in [2.24, 2.45) is 0 Å². The van der Waals surface area contributed by atoms with Crippen LogP contribution in [0.15, 0.2) is 72.8 Å². The van der Waals surface area contributed by atoms with Gasteiger partial charge in [0.15, 0.2) is 5.69 Å². The zero-order chi connectivity index (χ0) is 24.8. The molecule has 35 heavy (non-hydrogen) atoms. The second-order valence-electron chi connectivity index (χ2n) is 7.98. The zero-order valence-corrected chi connectivity index (χ0v) is 20.6. The average molecular weight is 504 g/mol. The summed E-state index contributed by atoms with van der Waals surface area (Å²) >= 11 is 12.1. The van der Waals surface area contributed by atoms with Crippen LogP contribution in [0.4, 0.5) is 11.5 Å². The molecule has 176 valence electrons. The molecule has 0 aliphatic rings. The Balaban J connectivity index is 1.58. The zero-order valence-electron chi connectivity index (χ0n) is 19.1. The maximum atomic E-state index is 13.3. The Bertz CT molecular complexity index is 1370. The molecule has 0 fully saturated rings. The van der Waals surface area contributed by atoms with Crippen molar-refractivity contribution in [2.45, 2.75) is 13.3 Å². The van der Waals surface area contributed by atoms with Crippen LogP contribution in [0.1, 0.15) is 33.6 Å². The SMILES string of the molecule is Cc1ccc(C(=O)c2nn(-c3ccc(Cl)cc3)c(NCCCNc3cccc(Cl)c3)c2C#N)cc1. The second kappa shape index (κ2) is 11.1. The fourth-order valence-corrected chi connectivity index (χ4v) is 3.90. The number of hydrogen-bond donors (Lipinski definition) is 2. The van der Waals surface area contributed by atoms with Gasteiger partial charge in [-0.25, -0.2) is 4.68 Å². The van der Waals surface area contributed by atoms with Gasteiger partial charge in [0.25, 0.3) is 0 Å². The third kappa shape index (κ3) is 5.83. The van der Waals surface area contributed by atoms with Gasteiger partial charge in [0, 0.05) is 34.4 Å². The third-order valence-electron chi connectivity index (χ3n) is 5.40. The van der Waals surface area contributed by atoms with Gasteiger partial charge in [0.2, 0.25) is 5.78 Å². The number of rotatable bonds is 9. The molecule has 3 aromatic carbocycles. The third-order valence-corrected chi connectivity index (χ3v) is 5.88. The van der Waals surface area contributed by atoms with Crippen LogP contribution in [0, 0.1) is 18.3 Å². The molecule has 4 rings (SSSR count). The van der Waals surface area contributed by atoms with Crippen LogP contribution >= 0.6 is 23.2 Å². The van der Waals surface area contributed by atoms with E-state index in [1.165, 1.54) is 0 Å². The minimum atomic E-state index is -0.306. The molecule has 8 heteroatoms. The van der Waals surface area contributed by atoms with Crippen molar-refractivity contribution >= 4 is 40.5 Å². The molecule has 0 bridgehead atoms. The van der Waals surface area contributed by atoms with Gasteiger partial charge < -0.3 is 10.6 Å². The molecule has 2 N–H and O–H groups in total. The molecule has 0 saturated heterocycles. The molecular formula is C27H23Cl2N5O. The van der Waals surface area contributed by atoms with Crippen molar-refractivity contribution < 1.29 is 4.79 Å². The number of aryl methyl sites for hydroxylation is 1. The Morgan fingerprint density at radius 3 is 2.37 bits per heavy atom. The molecule has 0 radical (unpaired) electrons. The molecule has 0 aliphatic carbocycles. The number of nitrogens with one attached hydrogen (secondary N) is 2. The molecule has 1 aromatic heterocycles. The molecule has 0 amide bonds. The van der Waals surface area contributed by atoms with Gasteiger partial charge in [-0.1, -0.05) is 59.1 Å². The lowest BCUT2D eigenvalue weighted by Gasteiger charge is -2.11. The number of anilines is 2. The highest BCUT2D eigenvalue weighted by molar-refractivity contribution is 6.31. The summed E-state index contributed by atoms with van der Waals surface area (Å²) in [5, 5.41) is 22.4. The van der Waals surface area contributed by atoms with E-state index in [1.807, 2.05) is 43.3 Å². The minimum Gasteiger partial charge on any atom is -0.385 e. The summed E-state index contributed by atoms with van der Waals surface area (Å²) in [5.41, 5.74) is 3.45. The first-order chi connectivity index (χ1) is 17.0. The molecule has 0 aliphatic heterocycles. The number of benzene rings is 3. The van der Waals surface area contributed by atoms with E-state index in [2.05, 4.69) is 21.8 Å². The van der Waals surface area contributed by atoms with Gasteiger partial charge in [-0.15, -0.1) is 0 Å². The van der Waals surface area contributed by atoms with Crippen LogP contribution in [0.3, 0.4) is 0 Å². The maximum absolute atomic E-state index is 13.3. The van der Waals surface area contributed by atoms with Gasteiger partial charge in [-0.2, -0.15) is 10.4 Å². The average Bonchev–Trinajstić information content (AvgIpc) is 3.23. The summed E-state index contributed by atoms with van der Waals surface area (Å²) in [6.07, 6.45) is 0.754. The van der Waals surface area contributed by atoms with E-state index < -0.39 is 0 Å². The molecule has 6 nitrogen and oxygen atoms in total. The van der Waals surface area contributed by atoms with Gasteiger partial charge in [-0.05, 0) is 55.8 Å². The number of halogens is 2. The van der Waals surface area contributed by atoms with Crippen LogP contribution < -0.4 is 10.6 Å². The largest absolute Gasteiger partial charge is 0.385 e. The van der Waals surface area contributed by atoms with Crippen molar-refractivity contribution in [2.75, 3.05) is 23.7 Å². The summed E-state index contributed by atoms with van der Waals surface area (Å²) in [7, 11) is 0. The number of nitrogens with zero attached hydrogens (tertiary/aromatic N) is 3. The summed E-state index contributed by atoms with van der Waals surface area (Å²) in [6.45, 7) is 3.20. The Hall–Kier alpha value is -3.79. The van der Waals surface area contributed by atoms with Crippen molar-refractivity contribution in [1.29, 1.82) is 5.26 Å². The van der Waals surface area contributed by atoms with E-state index in [4.69, 9.17) is 23.2 Å². The van der Waals surface area contributed by atoms with Crippen LogP contribution in [0.2, 0.25) is 10.0 Å².